The van der Waals surface area contributed by atoms with Gasteiger partial charge < -0.3 is 5.73 Å². The number of hydrogen-bond donors (Lipinski definition) is 2. The molecular weight excluding hydrogens is 268 g/mol. The van der Waals surface area contributed by atoms with Gasteiger partial charge in [0, 0.05) is 17.8 Å². The first-order valence-electron chi connectivity index (χ1n) is 6.28. The summed E-state index contributed by atoms with van der Waals surface area (Å²) in [5, 5.41) is 0.817. The number of nitrogens with two attached hydrogens (primary N) is 1. The molecule has 0 aliphatic carbocycles. The summed E-state index contributed by atoms with van der Waals surface area (Å²) in [5.74, 6) is -0.982. The van der Waals surface area contributed by atoms with Crippen LogP contribution in [0, 0.1) is 0 Å². The van der Waals surface area contributed by atoms with Gasteiger partial charge in [0.05, 0.1) is 11.1 Å². The molecule has 0 spiro atoms. The molecule has 0 saturated carbocycles. The minimum Gasteiger partial charge on any atom is -0.364 e. The Morgan fingerprint density at radius 1 is 1.14 bits per heavy atom. The van der Waals surface area contributed by atoms with Crippen LogP contribution in [0.15, 0.2) is 54.9 Å². The Morgan fingerprint density at radius 2 is 1.95 bits per heavy atom. The van der Waals surface area contributed by atoms with Gasteiger partial charge in [-0.1, -0.05) is 18.2 Å². The first kappa shape index (κ1) is 12.9. The SMILES string of the molecule is NC(=O)c1cc2ccccc2n1NC(=O)c1cccnc1. The van der Waals surface area contributed by atoms with Crippen LogP contribution in [0.1, 0.15) is 20.8 Å². The Kier molecular flexibility index (Phi) is 3.12. The fraction of sp³-hybridized carbons (Fsp3) is 0. The molecule has 6 heteroatoms. The lowest BCUT2D eigenvalue weighted by molar-refractivity contribution is 0.0989. The molecule has 104 valence electrons. The average molecular weight is 280 g/mol. The van der Waals surface area contributed by atoms with E-state index in [1.165, 1.54) is 10.9 Å². The van der Waals surface area contributed by atoms with Crippen molar-refractivity contribution in [1.82, 2.24) is 9.66 Å². The molecule has 0 unspecified atom stereocenters. The highest BCUT2D eigenvalue weighted by molar-refractivity contribution is 6.03. The minimum absolute atomic E-state index is 0.216. The highest BCUT2D eigenvalue weighted by Gasteiger charge is 2.15. The number of aromatic nitrogens is 2. The number of nitrogens with zero attached hydrogens (tertiary/aromatic N) is 2. The average Bonchev–Trinajstić information content (AvgIpc) is 2.87. The second kappa shape index (κ2) is 5.09. The first-order valence-corrected chi connectivity index (χ1v) is 6.28. The van der Waals surface area contributed by atoms with Gasteiger partial charge in [0.15, 0.2) is 0 Å². The predicted molar refractivity (Wildman–Crippen MR) is 78.4 cm³/mol. The Labute approximate surface area is 120 Å². The van der Waals surface area contributed by atoms with Crippen LogP contribution in [0.3, 0.4) is 0 Å². The summed E-state index contributed by atoms with van der Waals surface area (Å²) in [4.78, 5) is 27.6. The second-order valence-corrected chi connectivity index (χ2v) is 4.47. The zero-order valence-electron chi connectivity index (χ0n) is 11.0. The van der Waals surface area contributed by atoms with E-state index in [-0.39, 0.29) is 11.6 Å². The van der Waals surface area contributed by atoms with Crippen LogP contribution in [0.2, 0.25) is 0 Å². The molecule has 6 nitrogen and oxygen atoms in total. The van der Waals surface area contributed by atoms with Crippen LogP contribution < -0.4 is 11.2 Å². The van der Waals surface area contributed by atoms with Crippen LogP contribution in [0.5, 0.6) is 0 Å². The number of hydrogen-bond acceptors (Lipinski definition) is 3. The van der Waals surface area contributed by atoms with E-state index in [0.717, 1.165) is 5.39 Å². The van der Waals surface area contributed by atoms with E-state index < -0.39 is 5.91 Å². The monoisotopic (exact) mass is 280 g/mol. The normalized spacial score (nSPS) is 10.5. The molecule has 3 rings (SSSR count). The Bertz CT molecular complexity index is 824. The Balaban J connectivity index is 2.05. The molecule has 0 bridgehead atoms. The van der Waals surface area contributed by atoms with Crippen LogP contribution in [0.25, 0.3) is 10.9 Å². The van der Waals surface area contributed by atoms with Gasteiger partial charge in [-0.25, -0.2) is 4.68 Å². The maximum absolute atomic E-state index is 12.2. The molecule has 0 aliphatic rings. The quantitative estimate of drug-likeness (QED) is 0.762. The van der Waals surface area contributed by atoms with Crippen LogP contribution in [-0.2, 0) is 0 Å². The van der Waals surface area contributed by atoms with E-state index in [1.54, 1.807) is 30.5 Å². The van der Waals surface area contributed by atoms with Crippen molar-refractivity contribution in [3.05, 3.63) is 66.1 Å². The van der Waals surface area contributed by atoms with Gasteiger partial charge in [-0.2, -0.15) is 0 Å². The lowest BCUT2D eigenvalue weighted by atomic mass is 10.2. The number of fused-ring (bicyclic) bond motifs is 1. The van der Waals surface area contributed by atoms with E-state index >= 15 is 0 Å². The molecule has 3 aromatic rings. The molecule has 0 atom stereocenters. The van der Waals surface area contributed by atoms with Crippen molar-refractivity contribution in [3.63, 3.8) is 0 Å². The number of primary amides is 1. The molecule has 3 N–H and O–H groups in total. The van der Waals surface area contributed by atoms with Crippen LogP contribution in [-0.4, -0.2) is 21.5 Å². The van der Waals surface area contributed by atoms with Gasteiger partial charge in [-0.3, -0.25) is 20.0 Å². The third kappa shape index (κ3) is 2.34. The minimum atomic E-state index is -0.613. The lowest BCUT2D eigenvalue weighted by Crippen LogP contribution is -2.28. The highest BCUT2D eigenvalue weighted by Crippen LogP contribution is 2.18. The van der Waals surface area contributed by atoms with Gasteiger partial charge in [-0.05, 0) is 24.3 Å². The van der Waals surface area contributed by atoms with Gasteiger partial charge in [0.2, 0.25) is 0 Å². The zero-order valence-corrected chi connectivity index (χ0v) is 11.0. The lowest BCUT2D eigenvalue weighted by Gasteiger charge is -2.10. The number of pyridine rings is 1. The molecule has 21 heavy (non-hydrogen) atoms. The standard InChI is InChI=1S/C15H12N4O2/c16-14(20)13-8-10-4-1-2-6-12(10)19(13)18-15(21)11-5-3-7-17-9-11/h1-9H,(H2,16,20)(H,18,21). The van der Waals surface area contributed by atoms with E-state index in [0.29, 0.717) is 11.1 Å². The second-order valence-electron chi connectivity index (χ2n) is 4.47. The molecular formula is C15H12N4O2. The predicted octanol–water partition coefficient (Wildman–Crippen LogP) is 1.52. The number of carbonyl (C=O) groups excluding carboxylic acids is 2. The molecule has 0 radical (unpaired) electrons. The summed E-state index contributed by atoms with van der Waals surface area (Å²) in [7, 11) is 0. The number of para-hydroxylation sites is 1. The highest BCUT2D eigenvalue weighted by atomic mass is 16.2. The van der Waals surface area contributed by atoms with Gasteiger partial charge >= 0.3 is 0 Å². The van der Waals surface area contributed by atoms with Crippen molar-refractivity contribution in [2.75, 3.05) is 5.43 Å². The third-order valence-corrected chi connectivity index (χ3v) is 3.10. The Hall–Kier alpha value is -3.15. The van der Waals surface area contributed by atoms with Crippen molar-refractivity contribution < 1.29 is 9.59 Å². The Morgan fingerprint density at radius 3 is 2.67 bits per heavy atom. The van der Waals surface area contributed by atoms with E-state index in [9.17, 15) is 9.59 Å². The number of benzene rings is 1. The summed E-state index contributed by atoms with van der Waals surface area (Å²) in [6, 6.07) is 12.2. The molecule has 0 fully saturated rings. The molecule has 2 amide bonds. The molecule has 2 heterocycles. The van der Waals surface area contributed by atoms with E-state index in [4.69, 9.17) is 5.73 Å². The molecule has 1 aromatic carbocycles. The fourth-order valence-electron chi connectivity index (χ4n) is 2.12. The topological polar surface area (TPSA) is 90.0 Å². The van der Waals surface area contributed by atoms with Gasteiger partial charge in [-0.15, -0.1) is 0 Å². The summed E-state index contributed by atoms with van der Waals surface area (Å²) in [6.45, 7) is 0. The zero-order chi connectivity index (χ0) is 14.8. The fourth-order valence-corrected chi connectivity index (χ4v) is 2.12. The summed E-state index contributed by atoms with van der Waals surface area (Å²) >= 11 is 0. The van der Waals surface area contributed by atoms with E-state index in [1.807, 2.05) is 18.2 Å². The smallest absolute Gasteiger partial charge is 0.271 e. The summed E-state index contributed by atoms with van der Waals surface area (Å²) < 4.78 is 1.40. The van der Waals surface area contributed by atoms with Crippen molar-refractivity contribution in [1.29, 1.82) is 0 Å². The maximum atomic E-state index is 12.2. The maximum Gasteiger partial charge on any atom is 0.271 e. The van der Waals surface area contributed by atoms with Crippen molar-refractivity contribution in [2.45, 2.75) is 0 Å². The largest absolute Gasteiger partial charge is 0.364 e. The van der Waals surface area contributed by atoms with Crippen LogP contribution >= 0.6 is 0 Å². The van der Waals surface area contributed by atoms with Crippen molar-refractivity contribution in [2.24, 2.45) is 5.73 Å². The van der Waals surface area contributed by atoms with Crippen molar-refractivity contribution >= 4 is 22.7 Å². The van der Waals surface area contributed by atoms with Gasteiger partial charge in [0.1, 0.15) is 5.69 Å². The van der Waals surface area contributed by atoms with Gasteiger partial charge in [0.25, 0.3) is 11.8 Å². The molecule has 0 aliphatic heterocycles. The number of rotatable bonds is 3. The first-order chi connectivity index (χ1) is 10.2. The third-order valence-electron chi connectivity index (χ3n) is 3.10. The summed E-state index contributed by atoms with van der Waals surface area (Å²) in [5.41, 5.74) is 9.35. The van der Waals surface area contributed by atoms with Crippen LogP contribution in [0.4, 0.5) is 0 Å². The summed E-state index contributed by atoms with van der Waals surface area (Å²) in [6.07, 6.45) is 3.03. The number of carbonyl (C=O) groups is 2. The van der Waals surface area contributed by atoms with E-state index in [2.05, 4.69) is 10.4 Å². The number of amides is 2. The van der Waals surface area contributed by atoms with Crippen molar-refractivity contribution in [3.8, 4) is 0 Å². The number of nitrogens with one attached hydrogen (secondary N) is 1. The molecule has 0 saturated heterocycles. The molecule has 2 aromatic heterocycles.